The van der Waals surface area contributed by atoms with Crippen LogP contribution >= 0.6 is 0 Å². The van der Waals surface area contributed by atoms with E-state index in [0.29, 0.717) is 24.3 Å². The van der Waals surface area contributed by atoms with Crippen molar-refractivity contribution in [1.82, 2.24) is 10.3 Å². The number of hydrogen-bond donors (Lipinski definition) is 2. The summed E-state index contributed by atoms with van der Waals surface area (Å²) in [6.07, 6.45) is -2.40. The van der Waals surface area contributed by atoms with Crippen LogP contribution in [0, 0.1) is 0 Å². The minimum Gasteiger partial charge on any atom is -0.394 e. The molecule has 0 bridgehead atoms. The van der Waals surface area contributed by atoms with Crippen molar-refractivity contribution in [1.29, 1.82) is 0 Å². The molecule has 202 valence electrons. The lowest BCUT2D eigenvalue weighted by Gasteiger charge is -2.24. The van der Waals surface area contributed by atoms with Gasteiger partial charge in [0, 0.05) is 25.2 Å². The fourth-order valence-corrected chi connectivity index (χ4v) is 5.40. The summed E-state index contributed by atoms with van der Waals surface area (Å²) in [6, 6.07) is 14.5. The summed E-state index contributed by atoms with van der Waals surface area (Å²) in [4.78, 5) is 19.1. The van der Waals surface area contributed by atoms with Crippen LogP contribution in [0.3, 0.4) is 0 Å². The van der Waals surface area contributed by atoms with Crippen molar-refractivity contribution in [3.63, 3.8) is 0 Å². The van der Waals surface area contributed by atoms with Crippen LogP contribution < -0.4 is 10.2 Å². The number of hydrogen-bond acceptors (Lipinski definition) is 6. The summed E-state index contributed by atoms with van der Waals surface area (Å²) in [5.74, 6) is 0.149. The first-order valence-electron chi connectivity index (χ1n) is 12.1. The maximum absolute atomic E-state index is 12.9. The van der Waals surface area contributed by atoms with Crippen LogP contribution in [0.2, 0.25) is 0 Å². The van der Waals surface area contributed by atoms with Crippen molar-refractivity contribution < 1.29 is 31.5 Å². The van der Waals surface area contributed by atoms with Gasteiger partial charge in [0.25, 0.3) is 5.91 Å². The number of rotatable bonds is 8. The fourth-order valence-electron chi connectivity index (χ4n) is 4.51. The van der Waals surface area contributed by atoms with Crippen LogP contribution in [0.5, 0.6) is 0 Å². The smallest absolute Gasteiger partial charge is 0.394 e. The van der Waals surface area contributed by atoms with Crippen molar-refractivity contribution in [2.75, 3.05) is 23.8 Å². The van der Waals surface area contributed by atoms with Crippen LogP contribution in [0.25, 0.3) is 0 Å². The quantitative estimate of drug-likeness (QED) is 0.439. The molecule has 1 amide bonds. The highest BCUT2D eigenvalue weighted by molar-refractivity contribution is 7.91. The summed E-state index contributed by atoms with van der Waals surface area (Å²) in [6.45, 7) is 2.12. The number of benzene rings is 2. The molecule has 3 aromatic rings. The van der Waals surface area contributed by atoms with E-state index in [-0.39, 0.29) is 41.7 Å². The van der Waals surface area contributed by atoms with Crippen LogP contribution in [0.1, 0.15) is 46.3 Å². The molecule has 1 aromatic heterocycles. The molecule has 2 heterocycles. The second-order valence-corrected chi connectivity index (χ2v) is 11.5. The zero-order chi connectivity index (χ0) is 27.5. The molecule has 1 aliphatic rings. The van der Waals surface area contributed by atoms with Gasteiger partial charge in [0.2, 0.25) is 0 Å². The van der Waals surface area contributed by atoms with Crippen molar-refractivity contribution in [3.05, 3.63) is 89.1 Å². The number of carbonyl (C=O) groups excluding carboxylic acids is 1. The van der Waals surface area contributed by atoms with Gasteiger partial charge >= 0.3 is 6.18 Å². The van der Waals surface area contributed by atoms with Gasteiger partial charge in [-0.25, -0.2) is 13.4 Å². The SMILES string of the molecule is CCS(=O)(=O)c1ccc(CNC(=O)c2ccc(N3CC(c4ccc(C(F)(F)F)cc4)C[C@H]3CO)nc2)cc1. The first kappa shape index (κ1) is 27.6. The molecule has 0 saturated carbocycles. The summed E-state index contributed by atoms with van der Waals surface area (Å²) in [7, 11) is -3.29. The molecule has 1 unspecified atom stereocenters. The Bertz CT molecular complexity index is 1360. The summed E-state index contributed by atoms with van der Waals surface area (Å²) in [5.41, 5.74) is 1.13. The predicted molar refractivity (Wildman–Crippen MR) is 137 cm³/mol. The van der Waals surface area contributed by atoms with E-state index >= 15 is 0 Å². The Kier molecular flexibility index (Phi) is 8.08. The van der Waals surface area contributed by atoms with E-state index in [9.17, 15) is 31.5 Å². The Morgan fingerprint density at radius 1 is 1.08 bits per heavy atom. The minimum atomic E-state index is -4.39. The monoisotopic (exact) mass is 547 g/mol. The number of anilines is 1. The molecule has 1 fully saturated rings. The maximum atomic E-state index is 12.9. The number of carbonyl (C=O) groups is 1. The predicted octanol–water partition coefficient (Wildman–Crippen LogP) is 4.18. The highest BCUT2D eigenvalue weighted by Crippen LogP contribution is 2.36. The minimum absolute atomic E-state index is 0.0122. The lowest BCUT2D eigenvalue weighted by molar-refractivity contribution is -0.137. The van der Waals surface area contributed by atoms with E-state index < -0.39 is 21.6 Å². The third-order valence-electron chi connectivity index (χ3n) is 6.75. The molecule has 1 saturated heterocycles. The number of aliphatic hydroxyl groups excluding tert-OH is 1. The molecule has 4 rings (SSSR count). The molecule has 11 heteroatoms. The standard InChI is InChI=1S/C27H28F3N3O4S/c1-2-38(36,37)24-10-3-18(4-11-24)14-32-26(35)20-7-12-25(31-15-20)33-16-21(13-23(33)17-34)19-5-8-22(9-6-19)27(28,29)30/h3-12,15,21,23,34H,2,13-14,16-17H2,1H3,(H,32,35)/t21?,23-/m0/s1. The van der Waals surface area contributed by atoms with Crippen molar-refractivity contribution in [3.8, 4) is 0 Å². The number of sulfone groups is 1. The second-order valence-electron chi connectivity index (χ2n) is 9.18. The van der Waals surface area contributed by atoms with Gasteiger partial charge in [0.05, 0.1) is 34.4 Å². The normalized spacial score (nSPS) is 18.0. The summed E-state index contributed by atoms with van der Waals surface area (Å²) in [5, 5.41) is 12.7. The number of nitrogens with zero attached hydrogens (tertiary/aromatic N) is 2. The Morgan fingerprint density at radius 2 is 1.76 bits per heavy atom. The molecule has 0 spiro atoms. The summed E-state index contributed by atoms with van der Waals surface area (Å²) < 4.78 is 62.5. The number of halogens is 3. The highest BCUT2D eigenvalue weighted by Gasteiger charge is 2.35. The van der Waals surface area contributed by atoms with E-state index in [1.807, 2.05) is 4.90 Å². The number of aromatic nitrogens is 1. The third kappa shape index (κ3) is 6.16. The number of nitrogens with one attached hydrogen (secondary N) is 1. The van der Waals surface area contributed by atoms with E-state index in [0.717, 1.165) is 23.3 Å². The molecule has 0 aliphatic carbocycles. The Labute approximate surface area is 219 Å². The second kappa shape index (κ2) is 11.1. The number of amides is 1. The highest BCUT2D eigenvalue weighted by atomic mass is 32.2. The van der Waals surface area contributed by atoms with Gasteiger partial charge < -0.3 is 15.3 Å². The first-order valence-corrected chi connectivity index (χ1v) is 13.8. The van der Waals surface area contributed by atoms with E-state index in [1.54, 1.807) is 31.2 Å². The van der Waals surface area contributed by atoms with Gasteiger partial charge in [-0.1, -0.05) is 31.2 Å². The van der Waals surface area contributed by atoms with E-state index in [4.69, 9.17) is 0 Å². The first-order chi connectivity index (χ1) is 18.0. The molecule has 2 N–H and O–H groups in total. The average Bonchev–Trinajstić information content (AvgIpc) is 3.36. The largest absolute Gasteiger partial charge is 0.416 e. The van der Waals surface area contributed by atoms with Gasteiger partial charge in [-0.3, -0.25) is 4.79 Å². The van der Waals surface area contributed by atoms with Gasteiger partial charge in [0.1, 0.15) is 5.82 Å². The van der Waals surface area contributed by atoms with Crippen molar-refractivity contribution in [2.24, 2.45) is 0 Å². The Morgan fingerprint density at radius 3 is 2.32 bits per heavy atom. The zero-order valence-corrected chi connectivity index (χ0v) is 21.5. The molecule has 0 radical (unpaired) electrons. The van der Waals surface area contributed by atoms with E-state index in [2.05, 4.69) is 10.3 Å². The molecular formula is C27H28F3N3O4S. The molecular weight excluding hydrogens is 519 g/mol. The Hall–Kier alpha value is -3.44. The topological polar surface area (TPSA) is 99.6 Å². The molecule has 7 nitrogen and oxygen atoms in total. The van der Waals surface area contributed by atoms with Crippen molar-refractivity contribution in [2.45, 2.75) is 42.9 Å². The van der Waals surface area contributed by atoms with Crippen molar-refractivity contribution >= 4 is 21.6 Å². The third-order valence-corrected chi connectivity index (χ3v) is 8.50. The maximum Gasteiger partial charge on any atom is 0.416 e. The molecule has 1 aliphatic heterocycles. The molecule has 2 atom stereocenters. The fraction of sp³-hybridized carbons (Fsp3) is 0.333. The lowest BCUT2D eigenvalue weighted by Crippen LogP contribution is -2.33. The van der Waals surface area contributed by atoms with Crippen LogP contribution in [0.15, 0.2) is 71.8 Å². The van der Waals surface area contributed by atoms with Gasteiger partial charge in [-0.2, -0.15) is 13.2 Å². The zero-order valence-electron chi connectivity index (χ0n) is 20.6. The molecule has 2 aromatic carbocycles. The number of pyridine rings is 1. The lowest BCUT2D eigenvalue weighted by atomic mass is 9.95. The van der Waals surface area contributed by atoms with Gasteiger partial charge in [-0.15, -0.1) is 0 Å². The summed E-state index contributed by atoms with van der Waals surface area (Å²) >= 11 is 0. The van der Waals surface area contributed by atoms with Gasteiger partial charge in [-0.05, 0) is 53.9 Å². The van der Waals surface area contributed by atoms with Gasteiger partial charge in [0.15, 0.2) is 9.84 Å². The Balaban J connectivity index is 1.38. The van der Waals surface area contributed by atoms with E-state index in [1.165, 1.54) is 30.5 Å². The average molecular weight is 548 g/mol. The molecule has 38 heavy (non-hydrogen) atoms. The van der Waals surface area contributed by atoms with Crippen LogP contribution in [0.4, 0.5) is 19.0 Å². The van der Waals surface area contributed by atoms with Crippen LogP contribution in [-0.2, 0) is 22.6 Å². The number of aliphatic hydroxyl groups is 1. The van der Waals surface area contributed by atoms with Crippen LogP contribution in [-0.4, -0.2) is 49.4 Å². The number of alkyl halides is 3.